The molecule has 0 saturated carbocycles. The van der Waals surface area contributed by atoms with Gasteiger partial charge in [-0.15, -0.1) is 0 Å². The Kier molecular flexibility index (Phi) is 6.91. The number of hydrogen-bond donors (Lipinski definition) is 0. The van der Waals surface area contributed by atoms with E-state index in [9.17, 15) is 0 Å². The summed E-state index contributed by atoms with van der Waals surface area (Å²) in [4.78, 5) is 10.5. The van der Waals surface area contributed by atoms with Crippen LogP contribution in [0.5, 0.6) is 0 Å². The van der Waals surface area contributed by atoms with Crippen LogP contribution in [0, 0.1) is 12.1 Å². The molecule has 192 valence electrons. The Hall–Kier alpha value is -2.57. The number of fused-ring (bicyclic) bond motifs is 8. The molecule has 0 unspecified atom stereocenters. The standard InChI is InChI=1S/C34H36N2.Pt/c1-31(2)23-13-9-15-25(21-23)32(3,4)27-17-11-19-29(35-27)34(7,8)30-20-12-18-28(36-30)33(5,6)26-16-10-14-24(31)22-26;/h9-20H,1-8H3;/q-2;+2. The normalized spacial score (nSPS) is 18.4. The third kappa shape index (κ3) is 4.52. The van der Waals surface area contributed by atoms with Crippen molar-refractivity contribution in [3.05, 3.63) is 130 Å². The van der Waals surface area contributed by atoms with E-state index in [2.05, 4.69) is 140 Å². The largest absolute Gasteiger partial charge is 2.00 e. The van der Waals surface area contributed by atoms with Crippen molar-refractivity contribution in [2.24, 2.45) is 0 Å². The van der Waals surface area contributed by atoms with Crippen LogP contribution in [0.1, 0.15) is 100 Å². The number of pyridine rings is 2. The summed E-state index contributed by atoms with van der Waals surface area (Å²) in [5, 5.41) is 0. The second-order valence-corrected chi connectivity index (χ2v) is 12.3. The third-order valence-corrected chi connectivity index (χ3v) is 8.34. The number of hydrogen-bond acceptors (Lipinski definition) is 2. The van der Waals surface area contributed by atoms with Gasteiger partial charge >= 0.3 is 21.1 Å². The maximum Gasteiger partial charge on any atom is 2.00 e. The van der Waals surface area contributed by atoms with Gasteiger partial charge in [-0.05, 0) is 43.5 Å². The van der Waals surface area contributed by atoms with E-state index in [4.69, 9.17) is 9.97 Å². The first kappa shape index (κ1) is 27.5. The molecule has 4 aromatic rings. The Morgan fingerprint density at radius 3 is 1.03 bits per heavy atom. The van der Waals surface area contributed by atoms with Crippen LogP contribution >= 0.6 is 0 Å². The van der Waals surface area contributed by atoms with Gasteiger partial charge in [0.2, 0.25) is 0 Å². The zero-order valence-corrected chi connectivity index (χ0v) is 25.4. The molecule has 2 nitrogen and oxygen atoms in total. The summed E-state index contributed by atoms with van der Waals surface area (Å²) in [6, 6.07) is 33.4. The molecule has 1 aliphatic rings. The van der Waals surface area contributed by atoms with Gasteiger partial charge in [-0.1, -0.05) is 53.7 Å². The Morgan fingerprint density at radius 1 is 0.405 bits per heavy atom. The smallest absolute Gasteiger partial charge is 0.256 e. The van der Waals surface area contributed by atoms with Crippen molar-refractivity contribution in [2.75, 3.05) is 0 Å². The predicted molar refractivity (Wildman–Crippen MR) is 148 cm³/mol. The van der Waals surface area contributed by atoms with Crippen LogP contribution in [0.25, 0.3) is 0 Å². The molecule has 0 radical (unpaired) electrons. The monoisotopic (exact) mass is 667 g/mol. The van der Waals surface area contributed by atoms with Gasteiger partial charge < -0.3 is 0 Å². The predicted octanol–water partition coefficient (Wildman–Crippen LogP) is 7.69. The van der Waals surface area contributed by atoms with Gasteiger partial charge in [-0.2, -0.15) is 70.8 Å². The number of benzene rings is 2. The molecule has 2 aromatic carbocycles. The number of aromatic nitrogens is 2. The van der Waals surface area contributed by atoms with Gasteiger partial charge in [0.25, 0.3) is 0 Å². The van der Waals surface area contributed by atoms with Crippen LogP contribution in [0.4, 0.5) is 0 Å². The molecule has 1 aliphatic heterocycles. The van der Waals surface area contributed by atoms with Crippen molar-refractivity contribution in [1.29, 1.82) is 0 Å². The second-order valence-electron chi connectivity index (χ2n) is 12.3. The van der Waals surface area contributed by atoms with Crippen LogP contribution in [-0.4, -0.2) is 9.97 Å². The van der Waals surface area contributed by atoms with E-state index in [1.807, 2.05) is 0 Å². The average molecular weight is 668 g/mol. The molecule has 0 aliphatic carbocycles. The fourth-order valence-electron chi connectivity index (χ4n) is 5.21. The van der Waals surface area contributed by atoms with Gasteiger partial charge in [0.05, 0.1) is 11.4 Å². The van der Waals surface area contributed by atoms with E-state index in [-0.39, 0.29) is 42.7 Å². The minimum Gasteiger partial charge on any atom is -0.256 e. The van der Waals surface area contributed by atoms with Crippen molar-refractivity contribution in [3.63, 3.8) is 0 Å². The SMILES string of the molecule is CC1(C)c2[c-]c(ccc2)C(C)(C)c2cccc(n2)C(C)(C)c2cccc(n2)C(C)(C)c2[c-]c1ccc2.[Pt+2]. The summed E-state index contributed by atoms with van der Waals surface area (Å²) in [6.07, 6.45) is 0. The first-order chi connectivity index (χ1) is 16.8. The zero-order valence-electron chi connectivity index (χ0n) is 23.1. The van der Waals surface area contributed by atoms with Crippen LogP contribution in [0.15, 0.2) is 72.8 Å². The number of rotatable bonds is 0. The fraction of sp³-hybridized carbons (Fsp3) is 0.353. The molecule has 0 atom stereocenters. The molecule has 2 aromatic heterocycles. The molecule has 37 heavy (non-hydrogen) atoms. The maximum atomic E-state index is 5.24. The molecule has 8 bridgehead atoms. The average Bonchev–Trinajstić information content (AvgIpc) is 2.88. The minimum absolute atomic E-state index is 0. The van der Waals surface area contributed by atoms with Crippen LogP contribution in [-0.2, 0) is 42.7 Å². The molecule has 0 fully saturated rings. The van der Waals surface area contributed by atoms with Crippen molar-refractivity contribution < 1.29 is 21.1 Å². The molecule has 3 heterocycles. The molecule has 0 saturated heterocycles. The van der Waals surface area contributed by atoms with Crippen molar-refractivity contribution >= 4 is 0 Å². The molecule has 5 rings (SSSR count). The first-order valence-corrected chi connectivity index (χ1v) is 12.9. The van der Waals surface area contributed by atoms with E-state index in [1.54, 1.807) is 0 Å². The van der Waals surface area contributed by atoms with Crippen LogP contribution < -0.4 is 0 Å². The summed E-state index contributed by atoms with van der Waals surface area (Å²) in [5.74, 6) is 0. The quantitative estimate of drug-likeness (QED) is 0.180. The first-order valence-electron chi connectivity index (χ1n) is 12.9. The van der Waals surface area contributed by atoms with Gasteiger partial charge in [-0.25, -0.2) is 0 Å². The Labute approximate surface area is 237 Å². The van der Waals surface area contributed by atoms with E-state index in [0.29, 0.717) is 0 Å². The van der Waals surface area contributed by atoms with Crippen molar-refractivity contribution in [3.8, 4) is 0 Å². The molecular formula is C34H36N2Pt. The summed E-state index contributed by atoms with van der Waals surface area (Å²) in [6.45, 7) is 17.9. The maximum absolute atomic E-state index is 5.24. The molecule has 3 heteroatoms. The third-order valence-electron chi connectivity index (χ3n) is 8.34. The Bertz CT molecular complexity index is 1140. The van der Waals surface area contributed by atoms with E-state index >= 15 is 0 Å². The summed E-state index contributed by atoms with van der Waals surface area (Å²) < 4.78 is 0. The van der Waals surface area contributed by atoms with Gasteiger partial charge in [0.15, 0.2) is 0 Å². The zero-order chi connectivity index (χ0) is 25.9. The topological polar surface area (TPSA) is 25.8 Å². The summed E-state index contributed by atoms with van der Waals surface area (Å²) in [7, 11) is 0. The molecular weight excluding hydrogens is 631 g/mol. The van der Waals surface area contributed by atoms with Gasteiger partial charge in [0, 0.05) is 27.6 Å². The summed E-state index contributed by atoms with van der Waals surface area (Å²) in [5.41, 5.74) is 7.48. The summed E-state index contributed by atoms with van der Waals surface area (Å²) >= 11 is 0. The van der Waals surface area contributed by atoms with E-state index in [0.717, 1.165) is 45.0 Å². The Morgan fingerprint density at radius 2 is 0.676 bits per heavy atom. The molecule has 0 N–H and O–H groups in total. The van der Waals surface area contributed by atoms with Crippen LogP contribution in [0.2, 0.25) is 0 Å². The number of nitrogens with zero attached hydrogens (tertiary/aromatic N) is 2. The minimum atomic E-state index is -0.353. The molecule has 0 spiro atoms. The van der Waals surface area contributed by atoms with E-state index in [1.165, 1.54) is 0 Å². The van der Waals surface area contributed by atoms with E-state index < -0.39 is 0 Å². The van der Waals surface area contributed by atoms with Gasteiger partial charge in [-0.3, -0.25) is 9.97 Å². The van der Waals surface area contributed by atoms with Crippen LogP contribution in [0.3, 0.4) is 0 Å². The van der Waals surface area contributed by atoms with Crippen molar-refractivity contribution in [1.82, 2.24) is 9.97 Å². The molecule has 0 amide bonds. The van der Waals surface area contributed by atoms with Gasteiger partial charge in [0.1, 0.15) is 0 Å². The van der Waals surface area contributed by atoms with Crippen molar-refractivity contribution in [2.45, 2.75) is 77.0 Å². The fourth-order valence-corrected chi connectivity index (χ4v) is 5.21. The second kappa shape index (κ2) is 9.32. The Balaban J connectivity index is 0.00000320.